The Hall–Kier alpha value is -2.09. The van der Waals surface area contributed by atoms with Crippen molar-refractivity contribution in [3.8, 4) is 11.4 Å². The molecule has 1 heterocycles. The Balaban J connectivity index is 1.82. The number of nitrogens with zero attached hydrogens (tertiary/aromatic N) is 4. The fourth-order valence-electron chi connectivity index (χ4n) is 2.38. The lowest BCUT2D eigenvalue weighted by Crippen LogP contribution is -2.33. The summed E-state index contributed by atoms with van der Waals surface area (Å²) in [6.45, 7) is 6.44. The standard InChI is InChI=1S/C17H25N5O2S/c1-12(2)5-4-6-13(3)18-16(24)11-25-17-19-20-21-22(17)14-7-9-15(23)10-8-14/h7-10,12-13,23H,4-6,11H2,1-3H3,(H,18,24)/t13-/m0/s1. The Morgan fingerprint density at radius 2 is 1.96 bits per heavy atom. The van der Waals surface area contributed by atoms with Gasteiger partial charge in [0.1, 0.15) is 5.75 Å². The van der Waals surface area contributed by atoms with Gasteiger partial charge in [0.25, 0.3) is 0 Å². The Kier molecular flexibility index (Phi) is 7.24. The van der Waals surface area contributed by atoms with Crippen LogP contribution in [-0.4, -0.2) is 43.0 Å². The van der Waals surface area contributed by atoms with E-state index in [2.05, 4.69) is 34.7 Å². The number of hydrogen-bond acceptors (Lipinski definition) is 6. The summed E-state index contributed by atoms with van der Waals surface area (Å²) in [5.41, 5.74) is 0.729. The number of tetrazole rings is 1. The molecule has 2 rings (SSSR count). The lowest BCUT2D eigenvalue weighted by atomic mass is 10.0. The molecule has 1 atom stereocenters. The number of nitrogens with one attached hydrogen (secondary N) is 1. The first-order valence-electron chi connectivity index (χ1n) is 8.45. The number of aromatic nitrogens is 4. The number of phenols is 1. The Bertz CT molecular complexity index is 672. The Morgan fingerprint density at radius 1 is 1.24 bits per heavy atom. The fourth-order valence-corrected chi connectivity index (χ4v) is 3.08. The van der Waals surface area contributed by atoms with Crippen molar-refractivity contribution in [2.24, 2.45) is 5.92 Å². The van der Waals surface area contributed by atoms with E-state index >= 15 is 0 Å². The maximum absolute atomic E-state index is 12.1. The first-order valence-corrected chi connectivity index (χ1v) is 9.44. The van der Waals surface area contributed by atoms with Gasteiger partial charge >= 0.3 is 0 Å². The molecule has 25 heavy (non-hydrogen) atoms. The van der Waals surface area contributed by atoms with E-state index in [4.69, 9.17) is 0 Å². The van der Waals surface area contributed by atoms with Crippen molar-refractivity contribution >= 4 is 17.7 Å². The van der Waals surface area contributed by atoms with Crippen LogP contribution in [0.3, 0.4) is 0 Å². The van der Waals surface area contributed by atoms with Gasteiger partial charge < -0.3 is 10.4 Å². The number of carbonyl (C=O) groups excluding carboxylic acids is 1. The maximum atomic E-state index is 12.1. The third-order valence-electron chi connectivity index (χ3n) is 3.69. The summed E-state index contributed by atoms with van der Waals surface area (Å²) in [6, 6.07) is 6.73. The molecule has 7 nitrogen and oxygen atoms in total. The third-order valence-corrected chi connectivity index (χ3v) is 4.61. The molecule has 8 heteroatoms. The van der Waals surface area contributed by atoms with Crippen LogP contribution in [0.1, 0.15) is 40.0 Å². The van der Waals surface area contributed by atoms with Crippen molar-refractivity contribution in [3.05, 3.63) is 24.3 Å². The molecular formula is C17H25N5O2S. The van der Waals surface area contributed by atoms with Gasteiger partial charge in [-0.15, -0.1) is 5.10 Å². The summed E-state index contributed by atoms with van der Waals surface area (Å²) in [5.74, 6) is 1.10. The van der Waals surface area contributed by atoms with Crippen molar-refractivity contribution < 1.29 is 9.90 Å². The molecule has 1 aromatic carbocycles. The second kappa shape index (κ2) is 9.41. The molecule has 0 bridgehead atoms. The average molecular weight is 363 g/mol. The zero-order valence-corrected chi connectivity index (χ0v) is 15.7. The number of phenolic OH excluding ortho intramolecular Hbond substituents is 1. The van der Waals surface area contributed by atoms with Gasteiger partial charge in [0.05, 0.1) is 11.4 Å². The van der Waals surface area contributed by atoms with E-state index in [0.29, 0.717) is 11.1 Å². The number of amides is 1. The van der Waals surface area contributed by atoms with Crippen LogP contribution < -0.4 is 5.32 Å². The highest BCUT2D eigenvalue weighted by molar-refractivity contribution is 7.99. The van der Waals surface area contributed by atoms with Gasteiger partial charge in [-0.1, -0.05) is 38.5 Å². The van der Waals surface area contributed by atoms with Crippen molar-refractivity contribution in [3.63, 3.8) is 0 Å². The minimum Gasteiger partial charge on any atom is -0.508 e. The number of aromatic hydroxyl groups is 1. The molecule has 0 aliphatic heterocycles. The summed E-state index contributed by atoms with van der Waals surface area (Å²) >= 11 is 1.28. The molecule has 2 N–H and O–H groups in total. The van der Waals surface area contributed by atoms with Crippen LogP contribution in [0.4, 0.5) is 0 Å². The number of rotatable bonds is 9. The van der Waals surface area contributed by atoms with Gasteiger partial charge in [0.2, 0.25) is 11.1 Å². The minimum absolute atomic E-state index is 0.0256. The van der Waals surface area contributed by atoms with Gasteiger partial charge in [-0.05, 0) is 54.0 Å². The predicted molar refractivity (Wildman–Crippen MR) is 97.8 cm³/mol. The molecule has 0 spiro atoms. The van der Waals surface area contributed by atoms with E-state index in [1.54, 1.807) is 28.9 Å². The van der Waals surface area contributed by atoms with Crippen molar-refractivity contribution in [2.45, 2.75) is 51.2 Å². The Labute approximate surface area is 152 Å². The highest BCUT2D eigenvalue weighted by Gasteiger charge is 2.13. The van der Waals surface area contributed by atoms with Crippen molar-refractivity contribution in [2.75, 3.05) is 5.75 Å². The summed E-state index contributed by atoms with van der Waals surface area (Å²) in [6.07, 6.45) is 3.28. The van der Waals surface area contributed by atoms with Crippen LogP contribution in [0.5, 0.6) is 5.75 Å². The van der Waals surface area contributed by atoms with E-state index in [1.807, 2.05) is 6.92 Å². The van der Waals surface area contributed by atoms with Crippen LogP contribution in [-0.2, 0) is 4.79 Å². The third kappa shape index (κ3) is 6.38. The summed E-state index contributed by atoms with van der Waals surface area (Å²) in [4.78, 5) is 12.1. The zero-order valence-electron chi connectivity index (χ0n) is 14.8. The predicted octanol–water partition coefficient (Wildman–Crippen LogP) is 2.79. The van der Waals surface area contributed by atoms with Gasteiger partial charge in [0.15, 0.2) is 0 Å². The molecular weight excluding hydrogens is 338 g/mol. The molecule has 0 saturated heterocycles. The van der Waals surface area contributed by atoms with E-state index in [9.17, 15) is 9.90 Å². The summed E-state index contributed by atoms with van der Waals surface area (Å²) in [7, 11) is 0. The molecule has 0 aliphatic carbocycles. The lowest BCUT2D eigenvalue weighted by molar-refractivity contribution is -0.119. The quantitative estimate of drug-likeness (QED) is 0.666. The molecule has 0 radical (unpaired) electrons. The van der Waals surface area contributed by atoms with Crippen LogP contribution >= 0.6 is 11.8 Å². The first kappa shape index (κ1) is 19.2. The highest BCUT2D eigenvalue weighted by Crippen LogP contribution is 2.19. The van der Waals surface area contributed by atoms with Crippen LogP contribution in [0, 0.1) is 5.92 Å². The normalized spacial score (nSPS) is 12.3. The SMILES string of the molecule is CC(C)CCC[C@H](C)NC(=O)CSc1nnnn1-c1ccc(O)cc1. The molecule has 2 aromatic rings. The summed E-state index contributed by atoms with van der Waals surface area (Å²) in [5, 5.41) is 24.5. The van der Waals surface area contributed by atoms with Gasteiger partial charge in [-0.3, -0.25) is 4.79 Å². The molecule has 1 aromatic heterocycles. The van der Waals surface area contributed by atoms with E-state index < -0.39 is 0 Å². The van der Waals surface area contributed by atoms with Crippen LogP contribution in [0.2, 0.25) is 0 Å². The van der Waals surface area contributed by atoms with Gasteiger partial charge in [0, 0.05) is 6.04 Å². The maximum Gasteiger partial charge on any atom is 0.230 e. The van der Waals surface area contributed by atoms with Crippen molar-refractivity contribution in [1.29, 1.82) is 0 Å². The molecule has 136 valence electrons. The van der Waals surface area contributed by atoms with Crippen molar-refractivity contribution in [1.82, 2.24) is 25.5 Å². The van der Waals surface area contributed by atoms with E-state index in [0.717, 1.165) is 18.5 Å². The molecule has 0 unspecified atom stereocenters. The van der Waals surface area contributed by atoms with E-state index in [1.165, 1.54) is 18.2 Å². The zero-order chi connectivity index (χ0) is 18.2. The Morgan fingerprint density at radius 3 is 2.64 bits per heavy atom. The highest BCUT2D eigenvalue weighted by atomic mass is 32.2. The average Bonchev–Trinajstić information content (AvgIpc) is 3.01. The monoisotopic (exact) mass is 363 g/mol. The largest absolute Gasteiger partial charge is 0.508 e. The van der Waals surface area contributed by atoms with Crippen LogP contribution in [0.15, 0.2) is 29.4 Å². The smallest absolute Gasteiger partial charge is 0.230 e. The topological polar surface area (TPSA) is 92.9 Å². The lowest BCUT2D eigenvalue weighted by Gasteiger charge is -2.14. The number of thioether (sulfide) groups is 1. The number of carbonyl (C=O) groups is 1. The second-order valence-electron chi connectivity index (χ2n) is 6.47. The second-order valence-corrected chi connectivity index (χ2v) is 7.41. The number of benzene rings is 1. The molecule has 0 aliphatic rings. The molecule has 0 saturated carbocycles. The fraction of sp³-hybridized carbons (Fsp3) is 0.529. The van der Waals surface area contributed by atoms with Crippen LogP contribution in [0.25, 0.3) is 5.69 Å². The number of hydrogen-bond donors (Lipinski definition) is 2. The minimum atomic E-state index is -0.0256. The van der Waals surface area contributed by atoms with Gasteiger partial charge in [-0.2, -0.15) is 4.68 Å². The first-order chi connectivity index (χ1) is 12.0. The molecule has 0 fully saturated rings. The van der Waals surface area contributed by atoms with Gasteiger partial charge in [-0.25, -0.2) is 0 Å². The summed E-state index contributed by atoms with van der Waals surface area (Å²) < 4.78 is 1.55. The molecule has 1 amide bonds. The van der Waals surface area contributed by atoms with E-state index in [-0.39, 0.29) is 23.5 Å².